The van der Waals surface area contributed by atoms with Crippen LogP contribution in [0.25, 0.3) is 0 Å². The third kappa shape index (κ3) is 3.39. The summed E-state index contributed by atoms with van der Waals surface area (Å²) in [6, 6.07) is 8.01. The van der Waals surface area contributed by atoms with E-state index in [1.165, 1.54) is 37.9 Å². The van der Waals surface area contributed by atoms with Crippen LogP contribution in [0.3, 0.4) is 0 Å². The van der Waals surface area contributed by atoms with Crippen LogP contribution >= 0.6 is 11.9 Å². The number of fused-ring (bicyclic) bond motifs is 3. The molecule has 0 spiro atoms. The molecule has 0 unspecified atom stereocenters. The maximum atomic E-state index is 12.5. The smallest absolute Gasteiger partial charge is 0.251 e. The fourth-order valence-electron chi connectivity index (χ4n) is 3.50. The number of nitrogens with zero attached hydrogens (tertiary/aromatic N) is 2. The fraction of sp³-hybridized carbons (Fsp3) is 0.471. The van der Waals surface area contributed by atoms with Crippen molar-refractivity contribution in [3.05, 3.63) is 42.1 Å². The summed E-state index contributed by atoms with van der Waals surface area (Å²) in [6.07, 6.45) is 6.29. The van der Waals surface area contributed by atoms with E-state index in [4.69, 9.17) is 4.84 Å². The topological polar surface area (TPSA) is 44.8 Å². The van der Waals surface area contributed by atoms with Crippen molar-refractivity contribution in [1.82, 2.24) is 14.7 Å². The molecule has 4 heterocycles. The van der Waals surface area contributed by atoms with E-state index in [-0.39, 0.29) is 5.91 Å². The van der Waals surface area contributed by atoms with E-state index in [1.54, 1.807) is 4.47 Å². The largest absolute Gasteiger partial charge is 0.348 e. The molecule has 4 aliphatic heterocycles. The SMILES string of the molecule is O=C(N[C@H]1CN2CCC1CC2)c1ccc(SN2C=CCO2)cc1. The van der Waals surface area contributed by atoms with Crippen molar-refractivity contribution in [2.75, 3.05) is 26.2 Å². The molecule has 3 fully saturated rings. The van der Waals surface area contributed by atoms with Crippen LogP contribution < -0.4 is 5.32 Å². The van der Waals surface area contributed by atoms with E-state index in [1.807, 2.05) is 36.5 Å². The van der Waals surface area contributed by atoms with Crippen molar-refractivity contribution in [2.24, 2.45) is 5.92 Å². The number of carbonyl (C=O) groups is 1. The van der Waals surface area contributed by atoms with Gasteiger partial charge in [0.1, 0.15) is 0 Å². The van der Waals surface area contributed by atoms with Crippen molar-refractivity contribution in [3.63, 3.8) is 0 Å². The predicted octanol–water partition coefficient (Wildman–Crippen LogP) is 2.28. The maximum absolute atomic E-state index is 12.5. The molecule has 6 heteroatoms. The van der Waals surface area contributed by atoms with E-state index in [0.717, 1.165) is 17.0 Å². The first-order chi connectivity index (χ1) is 11.3. The van der Waals surface area contributed by atoms with Gasteiger partial charge in [-0.1, -0.05) is 0 Å². The van der Waals surface area contributed by atoms with E-state index < -0.39 is 0 Å². The van der Waals surface area contributed by atoms with E-state index >= 15 is 0 Å². The summed E-state index contributed by atoms with van der Waals surface area (Å²) >= 11 is 1.50. The highest BCUT2D eigenvalue weighted by molar-refractivity contribution is 7.97. The molecule has 0 radical (unpaired) electrons. The monoisotopic (exact) mass is 331 g/mol. The zero-order chi connectivity index (χ0) is 15.6. The predicted molar refractivity (Wildman–Crippen MR) is 89.6 cm³/mol. The van der Waals surface area contributed by atoms with Crippen molar-refractivity contribution < 1.29 is 9.63 Å². The molecule has 3 saturated heterocycles. The summed E-state index contributed by atoms with van der Waals surface area (Å²) in [6.45, 7) is 4.00. The molecule has 122 valence electrons. The first-order valence-electron chi connectivity index (χ1n) is 8.18. The first kappa shape index (κ1) is 15.1. The van der Waals surface area contributed by atoms with Gasteiger partial charge in [0.25, 0.3) is 5.91 Å². The van der Waals surface area contributed by atoms with Crippen molar-refractivity contribution in [2.45, 2.75) is 23.8 Å². The lowest BCUT2D eigenvalue weighted by atomic mass is 9.84. The zero-order valence-electron chi connectivity index (χ0n) is 13.0. The van der Waals surface area contributed by atoms with Gasteiger partial charge in [0.2, 0.25) is 0 Å². The Morgan fingerprint density at radius 2 is 2.00 bits per heavy atom. The number of rotatable bonds is 4. The van der Waals surface area contributed by atoms with Crippen LogP contribution in [0.5, 0.6) is 0 Å². The zero-order valence-corrected chi connectivity index (χ0v) is 13.8. The molecule has 0 saturated carbocycles. The third-order valence-corrected chi connectivity index (χ3v) is 5.70. The van der Waals surface area contributed by atoms with Gasteiger partial charge in [-0.15, -0.1) is 0 Å². The molecule has 1 atom stereocenters. The lowest BCUT2D eigenvalue weighted by molar-refractivity contribution is -0.000393. The minimum atomic E-state index is 0.0395. The van der Waals surface area contributed by atoms with Gasteiger partial charge in [-0.3, -0.25) is 9.63 Å². The number of hydroxylamine groups is 1. The molecule has 2 bridgehead atoms. The van der Waals surface area contributed by atoms with E-state index in [0.29, 0.717) is 18.6 Å². The number of hydrogen-bond acceptors (Lipinski definition) is 5. The highest BCUT2D eigenvalue weighted by Crippen LogP contribution is 2.28. The normalized spacial score (nSPS) is 29.0. The summed E-state index contributed by atoms with van der Waals surface area (Å²) in [5.74, 6) is 0.690. The summed E-state index contributed by atoms with van der Waals surface area (Å²) in [4.78, 5) is 21.3. The molecule has 4 aliphatic rings. The standard InChI is InChI=1S/C17H21N3O2S/c21-17(18-16-12-19-9-6-13(16)7-10-19)14-2-4-15(5-3-14)23-20-8-1-11-22-20/h1-5,8,13,16H,6-7,9-12H2,(H,18,21)/t16-/m0/s1. The molecule has 0 aromatic heterocycles. The molecule has 1 aromatic carbocycles. The summed E-state index contributed by atoms with van der Waals surface area (Å²) in [7, 11) is 0. The second-order valence-corrected chi connectivity index (χ2v) is 7.31. The highest BCUT2D eigenvalue weighted by atomic mass is 32.2. The Bertz CT molecular complexity index is 596. The molecule has 5 rings (SSSR count). The number of carbonyl (C=O) groups excluding carboxylic acids is 1. The summed E-state index contributed by atoms with van der Waals surface area (Å²) in [5.41, 5.74) is 0.726. The van der Waals surface area contributed by atoms with Crippen molar-refractivity contribution >= 4 is 17.9 Å². The highest BCUT2D eigenvalue weighted by Gasteiger charge is 2.34. The van der Waals surface area contributed by atoms with Crippen LogP contribution in [-0.4, -0.2) is 47.6 Å². The molecular formula is C17H21N3O2S. The van der Waals surface area contributed by atoms with Gasteiger partial charge in [0, 0.05) is 41.2 Å². The molecule has 1 aromatic rings. The van der Waals surface area contributed by atoms with E-state index in [2.05, 4.69) is 10.2 Å². The number of amides is 1. The Labute approximate surface area is 140 Å². The lowest BCUT2D eigenvalue weighted by Gasteiger charge is -2.44. The maximum Gasteiger partial charge on any atom is 0.251 e. The van der Waals surface area contributed by atoms with Gasteiger partial charge in [-0.05, 0) is 62.2 Å². The third-order valence-electron chi connectivity index (χ3n) is 4.81. The molecular weight excluding hydrogens is 310 g/mol. The molecule has 1 N–H and O–H groups in total. The van der Waals surface area contributed by atoms with Gasteiger partial charge in [0.05, 0.1) is 6.61 Å². The second kappa shape index (κ2) is 6.55. The Morgan fingerprint density at radius 1 is 1.22 bits per heavy atom. The number of benzene rings is 1. The summed E-state index contributed by atoms with van der Waals surface area (Å²) in [5, 5.41) is 3.23. The van der Waals surface area contributed by atoms with Crippen LogP contribution in [0.1, 0.15) is 23.2 Å². The van der Waals surface area contributed by atoms with Crippen molar-refractivity contribution in [1.29, 1.82) is 0 Å². The van der Waals surface area contributed by atoms with Crippen LogP contribution in [0.4, 0.5) is 0 Å². The molecule has 1 amide bonds. The first-order valence-corrected chi connectivity index (χ1v) is 8.95. The van der Waals surface area contributed by atoms with Crippen LogP contribution in [0.15, 0.2) is 41.4 Å². The number of nitrogens with one attached hydrogen (secondary N) is 1. The van der Waals surface area contributed by atoms with Gasteiger partial charge in [-0.25, -0.2) is 0 Å². The fourth-order valence-corrected chi connectivity index (χ4v) is 4.22. The van der Waals surface area contributed by atoms with Gasteiger partial charge < -0.3 is 10.2 Å². The quantitative estimate of drug-likeness (QED) is 0.858. The lowest BCUT2D eigenvalue weighted by Crippen LogP contribution is -2.57. The van der Waals surface area contributed by atoms with Gasteiger partial charge >= 0.3 is 0 Å². The van der Waals surface area contributed by atoms with Crippen LogP contribution in [0, 0.1) is 5.92 Å². The number of hydrogen-bond donors (Lipinski definition) is 1. The Morgan fingerprint density at radius 3 is 2.61 bits per heavy atom. The second-order valence-electron chi connectivity index (χ2n) is 6.30. The van der Waals surface area contributed by atoms with E-state index in [9.17, 15) is 4.79 Å². The average Bonchev–Trinajstić information content (AvgIpc) is 3.09. The van der Waals surface area contributed by atoms with Crippen molar-refractivity contribution in [3.8, 4) is 0 Å². The molecule has 23 heavy (non-hydrogen) atoms. The van der Waals surface area contributed by atoms with Gasteiger partial charge in [0.15, 0.2) is 0 Å². The number of piperidine rings is 3. The van der Waals surface area contributed by atoms with Crippen LogP contribution in [0.2, 0.25) is 0 Å². The van der Waals surface area contributed by atoms with Gasteiger partial charge in [-0.2, -0.15) is 4.47 Å². The molecule has 5 nitrogen and oxygen atoms in total. The minimum Gasteiger partial charge on any atom is -0.348 e. The molecule has 0 aliphatic carbocycles. The summed E-state index contributed by atoms with van der Waals surface area (Å²) < 4.78 is 1.72. The average molecular weight is 331 g/mol. The Kier molecular flexibility index (Phi) is 4.29. The Balaban J connectivity index is 1.35. The minimum absolute atomic E-state index is 0.0395. The van der Waals surface area contributed by atoms with Crippen LogP contribution in [-0.2, 0) is 4.84 Å². The Hall–Kier alpha value is -1.50.